The number of carboxylic acids is 1. The molecule has 1 rings (SSSR count). The van der Waals surface area contributed by atoms with E-state index < -0.39 is 17.6 Å². The molecule has 0 saturated carbocycles. The van der Waals surface area contributed by atoms with E-state index in [9.17, 15) is 9.90 Å². The van der Waals surface area contributed by atoms with Crippen LogP contribution in [0, 0.1) is 0 Å². The van der Waals surface area contributed by atoms with Crippen molar-refractivity contribution in [3.05, 3.63) is 35.9 Å². The van der Waals surface area contributed by atoms with Crippen molar-refractivity contribution in [3.8, 4) is 0 Å². The molecule has 0 spiro atoms. The van der Waals surface area contributed by atoms with Gasteiger partial charge >= 0.3 is 5.97 Å². The quantitative estimate of drug-likeness (QED) is 0.790. The highest BCUT2D eigenvalue weighted by Gasteiger charge is 2.34. The third-order valence-electron chi connectivity index (χ3n) is 2.82. The van der Waals surface area contributed by atoms with E-state index in [1.807, 2.05) is 30.3 Å². The Labute approximate surface area is 102 Å². The smallest absolute Gasteiger partial charge is 0.323 e. The van der Waals surface area contributed by atoms with E-state index in [0.717, 1.165) is 5.56 Å². The summed E-state index contributed by atoms with van der Waals surface area (Å²) < 4.78 is 5.21. The molecule has 0 unspecified atom stereocenters. The van der Waals surface area contributed by atoms with Gasteiger partial charge in [-0.25, -0.2) is 0 Å². The maximum Gasteiger partial charge on any atom is 0.323 e. The highest BCUT2D eigenvalue weighted by atomic mass is 16.5. The van der Waals surface area contributed by atoms with Gasteiger partial charge in [0.05, 0.1) is 5.60 Å². The Bertz CT molecular complexity index is 362. The number of carbonyl (C=O) groups is 1. The normalized spacial score (nSPS) is 13.4. The molecular weight excluding hydrogens is 218 g/mol. The van der Waals surface area contributed by atoms with E-state index >= 15 is 0 Å². The van der Waals surface area contributed by atoms with Crippen molar-refractivity contribution in [1.82, 2.24) is 5.32 Å². The van der Waals surface area contributed by atoms with Gasteiger partial charge in [-0.15, -0.1) is 0 Å². The molecular formula is C13H19NO3. The number of nitrogens with one attached hydrogen (secondary N) is 1. The number of benzene rings is 1. The second-order valence-corrected chi connectivity index (χ2v) is 4.45. The number of aliphatic carboxylic acids is 1. The van der Waals surface area contributed by atoms with Crippen molar-refractivity contribution < 1.29 is 14.6 Å². The number of hydrogen-bond donors (Lipinski definition) is 2. The van der Waals surface area contributed by atoms with Crippen molar-refractivity contribution in [2.75, 3.05) is 7.11 Å². The minimum atomic E-state index is -0.909. The van der Waals surface area contributed by atoms with Crippen LogP contribution in [0.3, 0.4) is 0 Å². The fourth-order valence-electron chi connectivity index (χ4n) is 1.56. The van der Waals surface area contributed by atoms with Crippen LogP contribution in [0.5, 0.6) is 0 Å². The third kappa shape index (κ3) is 3.84. The first-order valence-electron chi connectivity index (χ1n) is 5.52. The molecule has 0 bridgehead atoms. The predicted molar refractivity (Wildman–Crippen MR) is 65.8 cm³/mol. The lowest BCUT2D eigenvalue weighted by Crippen LogP contribution is -2.52. The maximum absolute atomic E-state index is 11.2. The van der Waals surface area contributed by atoms with Crippen LogP contribution in [0.2, 0.25) is 0 Å². The fourth-order valence-corrected chi connectivity index (χ4v) is 1.56. The van der Waals surface area contributed by atoms with Gasteiger partial charge in [0.25, 0.3) is 0 Å². The van der Waals surface area contributed by atoms with Crippen LogP contribution >= 0.6 is 0 Å². The van der Waals surface area contributed by atoms with Crippen LogP contribution in [-0.4, -0.2) is 29.8 Å². The van der Waals surface area contributed by atoms with E-state index in [-0.39, 0.29) is 0 Å². The Hall–Kier alpha value is -1.39. The van der Waals surface area contributed by atoms with E-state index in [0.29, 0.717) is 6.54 Å². The molecule has 94 valence electrons. The molecule has 1 aromatic carbocycles. The van der Waals surface area contributed by atoms with Gasteiger partial charge in [-0.3, -0.25) is 10.1 Å². The van der Waals surface area contributed by atoms with Crippen LogP contribution in [-0.2, 0) is 16.1 Å². The van der Waals surface area contributed by atoms with Crippen LogP contribution in [0.15, 0.2) is 30.3 Å². The summed E-state index contributed by atoms with van der Waals surface area (Å²) in [6.45, 7) is 4.01. The SMILES string of the molecule is COC(C)(C)[C@@H](NCc1ccccc1)C(=O)O. The second kappa shape index (κ2) is 5.80. The van der Waals surface area contributed by atoms with Crippen molar-refractivity contribution in [2.24, 2.45) is 0 Å². The first-order valence-corrected chi connectivity index (χ1v) is 5.52. The molecule has 0 fully saturated rings. The van der Waals surface area contributed by atoms with Crippen LogP contribution in [0.4, 0.5) is 0 Å². The summed E-state index contributed by atoms with van der Waals surface area (Å²) in [4.78, 5) is 11.2. The topological polar surface area (TPSA) is 58.6 Å². The number of hydrogen-bond acceptors (Lipinski definition) is 3. The number of ether oxygens (including phenoxy) is 1. The number of rotatable bonds is 6. The second-order valence-electron chi connectivity index (χ2n) is 4.45. The van der Waals surface area contributed by atoms with Gasteiger partial charge in [0.1, 0.15) is 6.04 Å². The molecule has 0 aliphatic heterocycles. The fraction of sp³-hybridized carbons (Fsp3) is 0.462. The van der Waals surface area contributed by atoms with Gasteiger partial charge in [-0.1, -0.05) is 30.3 Å². The van der Waals surface area contributed by atoms with Gasteiger partial charge in [0.15, 0.2) is 0 Å². The number of methoxy groups -OCH3 is 1. The van der Waals surface area contributed by atoms with E-state index in [1.165, 1.54) is 7.11 Å². The zero-order valence-electron chi connectivity index (χ0n) is 10.4. The predicted octanol–water partition coefficient (Wildman–Crippen LogP) is 1.65. The molecule has 1 aromatic rings. The van der Waals surface area contributed by atoms with Crippen LogP contribution in [0.25, 0.3) is 0 Å². The van der Waals surface area contributed by atoms with Crippen molar-refractivity contribution >= 4 is 5.97 Å². The lowest BCUT2D eigenvalue weighted by Gasteiger charge is -2.30. The Morgan fingerprint density at radius 3 is 2.47 bits per heavy atom. The first kappa shape index (κ1) is 13.7. The van der Waals surface area contributed by atoms with Gasteiger partial charge in [0, 0.05) is 13.7 Å². The van der Waals surface area contributed by atoms with Crippen LogP contribution in [0.1, 0.15) is 19.4 Å². The van der Waals surface area contributed by atoms with Gasteiger partial charge in [-0.2, -0.15) is 0 Å². The van der Waals surface area contributed by atoms with Crippen LogP contribution < -0.4 is 5.32 Å². The first-order chi connectivity index (χ1) is 7.97. The molecule has 0 amide bonds. The Morgan fingerprint density at radius 2 is 2.00 bits per heavy atom. The van der Waals surface area contributed by atoms with Crippen molar-refractivity contribution in [1.29, 1.82) is 0 Å². The average Bonchev–Trinajstić information content (AvgIpc) is 2.30. The Balaban J connectivity index is 2.66. The van der Waals surface area contributed by atoms with E-state index in [1.54, 1.807) is 13.8 Å². The maximum atomic E-state index is 11.2. The Kier molecular flexibility index (Phi) is 4.66. The molecule has 0 heterocycles. The molecule has 1 atom stereocenters. The average molecular weight is 237 g/mol. The van der Waals surface area contributed by atoms with Gasteiger partial charge < -0.3 is 9.84 Å². The molecule has 0 radical (unpaired) electrons. The highest BCUT2D eigenvalue weighted by Crippen LogP contribution is 2.14. The van der Waals surface area contributed by atoms with Gasteiger partial charge in [-0.05, 0) is 19.4 Å². The summed E-state index contributed by atoms with van der Waals surface area (Å²) in [5, 5.41) is 12.2. The zero-order chi connectivity index (χ0) is 12.9. The third-order valence-corrected chi connectivity index (χ3v) is 2.82. The molecule has 4 heteroatoms. The minimum absolute atomic E-state index is 0.505. The highest BCUT2D eigenvalue weighted by molar-refractivity contribution is 5.75. The standard InChI is InChI=1S/C13H19NO3/c1-13(2,17-3)11(12(15)16)14-9-10-7-5-4-6-8-10/h4-8,11,14H,9H2,1-3H3,(H,15,16)/t11-/m0/s1. The number of carboxylic acid groups (broad SMARTS) is 1. The summed E-state index contributed by atoms with van der Waals surface area (Å²) in [5.74, 6) is -0.909. The molecule has 4 nitrogen and oxygen atoms in total. The molecule has 0 aliphatic carbocycles. The largest absolute Gasteiger partial charge is 0.480 e. The lowest BCUT2D eigenvalue weighted by molar-refractivity contribution is -0.147. The Morgan fingerprint density at radius 1 is 1.41 bits per heavy atom. The zero-order valence-corrected chi connectivity index (χ0v) is 10.4. The summed E-state index contributed by atoms with van der Waals surface area (Å²) in [6, 6.07) is 8.93. The molecule has 0 aliphatic rings. The summed E-state index contributed by atoms with van der Waals surface area (Å²) in [6.07, 6.45) is 0. The molecule has 17 heavy (non-hydrogen) atoms. The van der Waals surface area contributed by atoms with E-state index in [4.69, 9.17) is 4.74 Å². The molecule has 0 saturated heterocycles. The van der Waals surface area contributed by atoms with E-state index in [2.05, 4.69) is 5.32 Å². The molecule has 2 N–H and O–H groups in total. The lowest BCUT2D eigenvalue weighted by atomic mass is 9.98. The monoisotopic (exact) mass is 237 g/mol. The van der Waals surface area contributed by atoms with Crippen molar-refractivity contribution in [3.63, 3.8) is 0 Å². The summed E-state index contributed by atoms with van der Waals surface area (Å²) in [5.41, 5.74) is 0.298. The minimum Gasteiger partial charge on any atom is -0.480 e. The summed E-state index contributed by atoms with van der Waals surface area (Å²) >= 11 is 0. The summed E-state index contributed by atoms with van der Waals surface area (Å²) in [7, 11) is 1.51. The van der Waals surface area contributed by atoms with Gasteiger partial charge in [0.2, 0.25) is 0 Å². The van der Waals surface area contributed by atoms with Crippen molar-refractivity contribution in [2.45, 2.75) is 32.0 Å². The molecule has 0 aromatic heterocycles.